The zero-order valence-electron chi connectivity index (χ0n) is 12.2. The maximum Gasteiger partial charge on any atom is 0.331 e. The molecular formula is C15H25NO3. The summed E-state index contributed by atoms with van der Waals surface area (Å²) in [5.41, 5.74) is 0.418. The molecule has 0 aromatic heterocycles. The molecule has 0 atom stereocenters. The van der Waals surface area contributed by atoms with Crippen LogP contribution in [-0.4, -0.2) is 23.5 Å². The molecule has 1 fully saturated rings. The monoisotopic (exact) mass is 267 g/mol. The fourth-order valence-corrected chi connectivity index (χ4v) is 2.54. The molecule has 0 unspecified atom stereocenters. The van der Waals surface area contributed by atoms with Gasteiger partial charge in [0.2, 0.25) is 5.91 Å². The van der Waals surface area contributed by atoms with E-state index in [2.05, 4.69) is 12.2 Å². The van der Waals surface area contributed by atoms with Gasteiger partial charge in [0.25, 0.3) is 0 Å². The first kappa shape index (κ1) is 15.7. The predicted molar refractivity (Wildman–Crippen MR) is 74.8 cm³/mol. The third kappa shape index (κ3) is 4.69. The molecule has 1 aliphatic rings. The van der Waals surface area contributed by atoms with Crippen LogP contribution in [0.15, 0.2) is 11.1 Å². The molecule has 0 saturated heterocycles. The Hall–Kier alpha value is -1.32. The molecule has 4 nitrogen and oxygen atoms in total. The number of amides is 1. The van der Waals surface area contributed by atoms with Crippen LogP contribution in [0.3, 0.4) is 0 Å². The molecule has 4 heteroatoms. The molecule has 108 valence electrons. The van der Waals surface area contributed by atoms with E-state index in [4.69, 9.17) is 5.11 Å². The molecular weight excluding hydrogens is 242 g/mol. The molecule has 1 amide bonds. The lowest BCUT2D eigenvalue weighted by Gasteiger charge is -2.27. The number of carboxylic acid groups (broad SMARTS) is 1. The van der Waals surface area contributed by atoms with E-state index in [-0.39, 0.29) is 11.5 Å². The fourth-order valence-electron chi connectivity index (χ4n) is 2.54. The van der Waals surface area contributed by atoms with Crippen LogP contribution in [0.5, 0.6) is 0 Å². The van der Waals surface area contributed by atoms with Crippen LogP contribution in [0, 0.1) is 11.8 Å². The van der Waals surface area contributed by atoms with Crippen LogP contribution < -0.4 is 5.32 Å². The Labute approximate surface area is 115 Å². The van der Waals surface area contributed by atoms with E-state index in [1.165, 1.54) is 39.0 Å². The summed E-state index contributed by atoms with van der Waals surface area (Å²) in [6.07, 6.45) is 6.08. The highest BCUT2D eigenvalue weighted by Crippen LogP contribution is 2.30. The van der Waals surface area contributed by atoms with Crippen molar-refractivity contribution in [3.63, 3.8) is 0 Å². The quantitative estimate of drug-likeness (QED) is 0.753. The summed E-state index contributed by atoms with van der Waals surface area (Å²) in [5, 5.41) is 11.7. The maximum absolute atomic E-state index is 11.8. The lowest BCUT2D eigenvalue weighted by atomic mass is 9.81. The summed E-state index contributed by atoms with van der Waals surface area (Å²) >= 11 is 0. The number of hydrogen-bond acceptors (Lipinski definition) is 2. The van der Waals surface area contributed by atoms with E-state index >= 15 is 0 Å². The van der Waals surface area contributed by atoms with Gasteiger partial charge in [-0.15, -0.1) is 0 Å². The predicted octanol–water partition coefficient (Wildman–Crippen LogP) is 2.74. The first-order valence-corrected chi connectivity index (χ1v) is 7.14. The molecule has 0 spiro atoms. The number of nitrogens with one attached hydrogen (secondary N) is 1. The Kier molecular flexibility index (Phi) is 6.06. The van der Waals surface area contributed by atoms with Gasteiger partial charge in [-0.3, -0.25) is 4.79 Å². The topological polar surface area (TPSA) is 66.4 Å². The SMILES string of the molecule is CCC1CCC(CNC(=O)C(C)=C(C)C(=O)O)CC1. The van der Waals surface area contributed by atoms with Crippen molar-refractivity contribution in [2.75, 3.05) is 6.54 Å². The van der Waals surface area contributed by atoms with E-state index in [1.807, 2.05) is 0 Å². The second-order valence-corrected chi connectivity index (χ2v) is 5.56. The number of carboxylic acids is 1. The zero-order valence-corrected chi connectivity index (χ0v) is 12.2. The molecule has 1 aliphatic carbocycles. The summed E-state index contributed by atoms with van der Waals surface area (Å²) in [6, 6.07) is 0. The van der Waals surface area contributed by atoms with Crippen LogP contribution in [-0.2, 0) is 9.59 Å². The lowest BCUT2D eigenvalue weighted by molar-refractivity contribution is -0.133. The summed E-state index contributed by atoms with van der Waals surface area (Å²) in [4.78, 5) is 22.6. The van der Waals surface area contributed by atoms with Gasteiger partial charge in [-0.25, -0.2) is 4.79 Å². The number of carbonyl (C=O) groups is 2. The van der Waals surface area contributed by atoms with E-state index in [9.17, 15) is 9.59 Å². The van der Waals surface area contributed by atoms with E-state index in [0.29, 0.717) is 18.0 Å². The molecule has 0 aromatic rings. The fraction of sp³-hybridized carbons (Fsp3) is 0.733. The van der Waals surface area contributed by atoms with Gasteiger partial charge in [0.05, 0.1) is 0 Å². The second kappa shape index (κ2) is 7.31. The number of rotatable bonds is 5. The van der Waals surface area contributed by atoms with E-state index in [0.717, 1.165) is 5.92 Å². The van der Waals surface area contributed by atoms with Gasteiger partial charge in [-0.05, 0) is 38.5 Å². The van der Waals surface area contributed by atoms with Crippen molar-refractivity contribution < 1.29 is 14.7 Å². The highest BCUT2D eigenvalue weighted by atomic mass is 16.4. The van der Waals surface area contributed by atoms with Crippen molar-refractivity contribution in [3.05, 3.63) is 11.1 Å². The van der Waals surface area contributed by atoms with Gasteiger partial charge in [-0.1, -0.05) is 26.2 Å². The Balaban J connectivity index is 2.39. The molecule has 0 aromatic carbocycles. The average molecular weight is 267 g/mol. The summed E-state index contributed by atoms with van der Waals surface area (Å²) in [6.45, 7) is 5.92. The van der Waals surface area contributed by atoms with Gasteiger partial charge >= 0.3 is 5.97 Å². The van der Waals surface area contributed by atoms with Crippen molar-refractivity contribution in [1.82, 2.24) is 5.32 Å². The third-order valence-corrected chi connectivity index (χ3v) is 4.32. The van der Waals surface area contributed by atoms with Gasteiger partial charge < -0.3 is 10.4 Å². The summed E-state index contributed by atoms with van der Waals surface area (Å²) in [7, 11) is 0. The second-order valence-electron chi connectivity index (χ2n) is 5.56. The smallest absolute Gasteiger partial charge is 0.331 e. The van der Waals surface area contributed by atoms with Gasteiger partial charge in [0.15, 0.2) is 0 Å². The Bertz CT molecular complexity index is 366. The van der Waals surface area contributed by atoms with Crippen LogP contribution in [0.25, 0.3) is 0 Å². The van der Waals surface area contributed by atoms with Crippen LogP contribution >= 0.6 is 0 Å². The largest absolute Gasteiger partial charge is 0.478 e. The summed E-state index contributed by atoms with van der Waals surface area (Å²) in [5.74, 6) is 0.112. The minimum absolute atomic E-state index is 0.118. The van der Waals surface area contributed by atoms with Crippen molar-refractivity contribution >= 4 is 11.9 Å². The standard InChI is InChI=1S/C15H25NO3/c1-4-12-5-7-13(8-6-12)9-16-14(17)10(2)11(3)15(18)19/h12-13H,4-9H2,1-3H3,(H,16,17)(H,18,19). The molecule has 0 heterocycles. The van der Waals surface area contributed by atoms with Crippen LogP contribution in [0.4, 0.5) is 0 Å². The average Bonchev–Trinajstić information content (AvgIpc) is 2.43. The maximum atomic E-state index is 11.8. The first-order valence-electron chi connectivity index (χ1n) is 7.14. The van der Waals surface area contributed by atoms with Crippen LogP contribution in [0.2, 0.25) is 0 Å². The lowest BCUT2D eigenvalue weighted by Crippen LogP contribution is -2.32. The Morgan fingerprint density at radius 3 is 2.05 bits per heavy atom. The molecule has 0 aliphatic heterocycles. The highest BCUT2D eigenvalue weighted by Gasteiger charge is 2.21. The third-order valence-electron chi connectivity index (χ3n) is 4.32. The highest BCUT2D eigenvalue weighted by molar-refractivity contribution is 6.01. The Morgan fingerprint density at radius 2 is 1.58 bits per heavy atom. The number of hydrogen-bond donors (Lipinski definition) is 2. The van der Waals surface area contributed by atoms with Gasteiger partial charge in [0.1, 0.15) is 0 Å². The molecule has 0 radical (unpaired) electrons. The van der Waals surface area contributed by atoms with Crippen molar-refractivity contribution in [2.24, 2.45) is 11.8 Å². The molecule has 1 saturated carbocycles. The van der Waals surface area contributed by atoms with E-state index < -0.39 is 5.97 Å². The minimum atomic E-state index is -1.03. The normalized spacial score (nSPS) is 24.6. The van der Waals surface area contributed by atoms with Gasteiger partial charge in [0, 0.05) is 17.7 Å². The first-order chi connectivity index (χ1) is 8.95. The molecule has 19 heavy (non-hydrogen) atoms. The molecule has 2 N–H and O–H groups in total. The molecule has 1 rings (SSSR count). The zero-order chi connectivity index (χ0) is 14.4. The van der Waals surface area contributed by atoms with Crippen molar-refractivity contribution in [1.29, 1.82) is 0 Å². The number of aliphatic carboxylic acids is 1. The van der Waals surface area contributed by atoms with Crippen molar-refractivity contribution in [2.45, 2.75) is 52.9 Å². The van der Waals surface area contributed by atoms with Crippen molar-refractivity contribution in [3.8, 4) is 0 Å². The minimum Gasteiger partial charge on any atom is -0.478 e. The summed E-state index contributed by atoms with van der Waals surface area (Å²) < 4.78 is 0. The Morgan fingerprint density at radius 1 is 1.05 bits per heavy atom. The van der Waals surface area contributed by atoms with E-state index in [1.54, 1.807) is 6.92 Å². The van der Waals surface area contributed by atoms with Gasteiger partial charge in [-0.2, -0.15) is 0 Å². The van der Waals surface area contributed by atoms with Crippen LogP contribution in [0.1, 0.15) is 52.9 Å². The molecule has 0 bridgehead atoms. The number of carbonyl (C=O) groups excluding carboxylic acids is 1.